The molecule has 9 aromatic rings. The van der Waals surface area contributed by atoms with E-state index in [1.807, 2.05) is 121 Å². The molecular formula is C47H31N3. The smallest absolute Gasteiger partial charge is 0.164 e. The van der Waals surface area contributed by atoms with Crippen LogP contribution in [0.25, 0.3) is 89.1 Å². The van der Waals surface area contributed by atoms with Crippen LogP contribution >= 0.6 is 0 Å². The molecule has 0 N–H and O–H groups in total. The lowest BCUT2D eigenvalue weighted by molar-refractivity contribution is 1.07. The first-order valence-corrected chi connectivity index (χ1v) is 16.5. The lowest BCUT2D eigenvalue weighted by atomic mass is 9.92. The first-order valence-electron chi connectivity index (χ1n) is 18.5. The average Bonchev–Trinajstić information content (AvgIpc) is 3.23. The quantitative estimate of drug-likeness (QED) is 0.181. The van der Waals surface area contributed by atoms with Gasteiger partial charge in [-0.15, -0.1) is 0 Å². The van der Waals surface area contributed by atoms with Crippen LogP contribution in [0.1, 0.15) is 5.48 Å². The minimum absolute atomic E-state index is 0.0214. The highest BCUT2D eigenvalue weighted by Crippen LogP contribution is 2.36. The average molecular weight is 642 g/mol. The zero-order valence-electron chi connectivity index (χ0n) is 30.9. The molecule has 0 radical (unpaired) electrons. The summed E-state index contributed by atoms with van der Waals surface area (Å²) in [5.74, 6) is 0.820. The van der Waals surface area contributed by atoms with Crippen molar-refractivity contribution in [3.05, 3.63) is 188 Å². The third-order valence-corrected chi connectivity index (χ3v) is 9.00. The van der Waals surface area contributed by atoms with E-state index in [1.54, 1.807) is 0 Å². The summed E-state index contributed by atoms with van der Waals surface area (Å²) >= 11 is 0. The van der Waals surface area contributed by atoms with Crippen molar-refractivity contribution in [1.82, 2.24) is 15.0 Å². The molecule has 0 saturated carbocycles. The largest absolute Gasteiger partial charge is 0.208 e. The highest BCUT2D eigenvalue weighted by molar-refractivity contribution is 6.05. The number of benzene rings is 8. The molecule has 0 atom stereocenters. The Morgan fingerprint density at radius 3 is 1.32 bits per heavy atom. The van der Waals surface area contributed by atoms with Crippen molar-refractivity contribution in [1.29, 1.82) is 0 Å². The maximum atomic E-state index is 9.30. The van der Waals surface area contributed by atoms with Gasteiger partial charge in [0.05, 0.1) is 5.48 Å². The highest BCUT2D eigenvalue weighted by Gasteiger charge is 2.14. The summed E-state index contributed by atoms with van der Waals surface area (Å²) < 4.78 is 37.2. The normalized spacial score (nSPS) is 12.3. The Morgan fingerprint density at radius 2 is 0.720 bits per heavy atom. The maximum absolute atomic E-state index is 9.30. The molecule has 0 saturated heterocycles. The van der Waals surface area contributed by atoms with Gasteiger partial charge >= 0.3 is 0 Å². The molecule has 0 aliphatic carbocycles. The van der Waals surface area contributed by atoms with Gasteiger partial charge in [0.2, 0.25) is 0 Å². The Kier molecular flexibility index (Phi) is 6.44. The molecule has 0 aliphatic heterocycles. The second kappa shape index (κ2) is 12.7. The second-order valence-electron chi connectivity index (χ2n) is 12.1. The summed E-state index contributed by atoms with van der Waals surface area (Å²) in [5.41, 5.74) is 6.70. The number of fused-ring (bicyclic) bond motifs is 2. The fourth-order valence-electron chi connectivity index (χ4n) is 6.47. The van der Waals surface area contributed by atoms with Gasteiger partial charge in [0.25, 0.3) is 0 Å². The van der Waals surface area contributed by atoms with Gasteiger partial charge in [-0.1, -0.05) is 176 Å². The molecule has 3 heteroatoms. The number of hydrogen-bond acceptors (Lipinski definition) is 3. The van der Waals surface area contributed by atoms with Crippen molar-refractivity contribution in [3.63, 3.8) is 0 Å². The van der Waals surface area contributed by atoms with Crippen LogP contribution in [-0.4, -0.2) is 15.0 Å². The third kappa shape index (κ3) is 5.61. The van der Waals surface area contributed by atoms with Crippen molar-refractivity contribution in [2.75, 3.05) is 0 Å². The Labute approximate surface area is 296 Å². The molecule has 0 spiro atoms. The maximum Gasteiger partial charge on any atom is 0.164 e. The standard InChI is InChI=1S/C47H31N3/c1-4-12-32(13-5-1)37-24-25-39-31-40(27-26-38(39)30-37)47-49-45(35-16-8-3-9-17-35)48-46(50-47)36-22-20-34(21-23-36)42-29-28-41(33-14-6-2-7-15-33)43-18-10-11-19-44(42)43/h1-31H/i20D,21D,22D,23D. The predicted molar refractivity (Wildman–Crippen MR) is 207 cm³/mol. The van der Waals surface area contributed by atoms with Gasteiger partial charge in [0, 0.05) is 16.7 Å². The Morgan fingerprint density at radius 1 is 0.300 bits per heavy atom. The second-order valence-corrected chi connectivity index (χ2v) is 12.1. The zero-order chi connectivity index (χ0) is 36.8. The van der Waals surface area contributed by atoms with Crippen LogP contribution in [-0.2, 0) is 0 Å². The molecule has 234 valence electrons. The first kappa shape index (κ1) is 25.3. The van der Waals surface area contributed by atoms with E-state index in [2.05, 4.69) is 42.5 Å². The fourth-order valence-corrected chi connectivity index (χ4v) is 6.47. The van der Waals surface area contributed by atoms with E-state index in [-0.39, 0.29) is 41.1 Å². The Bertz CT molecular complexity index is 2830. The number of rotatable bonds is 6. The van der Waals surface area contributed by atoms with Gasteiger partial charge in [0.15, 0.2) is 17.5 Å². The van der Waals surface area contributed by atoms with E-state index in [0.717, 1.165) is 54.9 Å². The summed E-state index contributed by atoms with van der Waals surface area (Å²) in [4.78, 5) is 14.5. The molecule has 50 heavy (non-hydrogen) atoms. The highest BCUT2D eigenvalue weighted by atomic mass is 15.0. The molecule has 3 nitrogen and oxygen atoms in total. The minimum Gasteiger partial charge on any atom is -0.208 e. The van der Waals surface area contributed by atoms with Crippen LogP contribution in [0.5, 0.6) is 0 Å². The lowest BCUT2D eigenvalue weighted by Crippen LogP contribution is -2.00. The van der Waals surface area contributed by atoms with E-state index in [4.69, 9.17) is 15.0 Å². The van der Waals surface area contributed by atoms with Crippen LogP contribution < -0.4 is 0 Å². The number of aromatic nitrogens is 3. The molecule has 8 aromatic carbocycles. The molecule has 1 heterocycles. The summed E-state index contributed by atoms with van der Waals surface area (Å²) in [6.07, 6.45) is 0. The van der Waals surface area contributed by atoms with E-state index in [0.29, 0.717) is 17.2 Å². The molecule has 0 amide bonds. The molecule has 0 fully saturated rings. The van der Waals surface area contributed by atoms with E-state index in [1.165, 1.54) is 0 Å². The molecule has 0 aliphatic rings. The fraction of sp³-hybridized carbons (Fsp3) is 0. The van der Waals surface area contributed by atoms with Crippen LogP contribution in [0.3, 0.4) is 0 Å². The van der Waals surface area contributed by atoms with E-state index < -0.39 is 0 Å². The van der Waals surface area contributed by atoms with Gasteiger partial charge in [-0.05, 0) is 67.1 Å². The summed E-state index contributed by atoms with van der Waals surface area (Å²) in [6.45, 7) is 0. The zero-order valence-corrected chi connectivity index (χ0v) is 26.9. The van der Waals surface area contributed by atoms with Gasteiger partial charge in [-0.25, -0.2) is 15.0 Å². The Balaban J connectivity index is 1.20. The number of hydrogen-bond donors (Lipinski definition) is 0. The van der Waals surface area contributed by atoms with E-state index >= 15 is 0 Å². The molecule has 9 rings (SSSR count). The summed E-state index contributed by atoms with van der Waals surface area (Å²) in [5, 5.41) is 3.88. The minimum atomic E-state index is -0.217. The van der Waals surface area contributed by atoms with Crippen LogP contribution in [0.4, 0.5) is 0 Å². The monoisotopic (exact) mass is 641 g/mol. The number of nitrogens with zero attached hydrogens (tertiary/aromatic N) is 3. The predicted octanol–water partition coefficient (Wildman–Crippen LogP) is 12.2. The van der Waals surface area contributed by atoms with Gasteiger partial charge in [-0.2, -0.15) is 0 Å². The van der Waals surface area contributed by atoms with Crippen LogP contribution in [0, 0.1) is 0 Å². The molecule has 0 bridgehead atoms. The first-order chi connectivity index (χ1) is 26.4. The molecule has 0 unspecified atom stereocenters. The van der Waals surface area contributed by atoms with Gasteiger partial charge in [-0.3, -0.25) is 0 Å². The SMILES string of the molecule is [2H]c1c([2H])c(-c2ccc(-c3ccccc3)c3ccccc23)c([2H])c([2H])c1-c1nc(-c2ccccc2)nc(-c2ccc3cc(-c4ccccc4)ccc3c2)n1. The lowest BCUT2D eigenvalue weighted by Gasteiger charge is -2.13. The van der Waals surface area contributed by atoms with Crippen molar-refractivity contribution in [2.24, 2.45) is 0 Å². The van der Waals surface area contributed by atoms with Crippen LogP contribution in [0.2, 0.25) is 0 Å². The Hall–Kier alpha value is -6.71. The molecule has 1 aromatic heterocycles. The summed E-state index contributed by atoms with van der Waals surface area (Å²) in [6, 6.07) is 53.2. The van der Waals surface area contributed by atoms with Crippen molar-refractivity contribution >= 4 is 21.5 Å². The van der Waals surface area contributed by atoms with Gasteiger partial charge < -0.3 is 0 Å². The third-order valence-electron chi connectivity index (χ3n) is 9.00. The van der Waals surface area contributed by atoms with Crippen molar-refractivity contribution in [2.45, 2.75) is 0 Å². The van der Waals surface area contributed by atoms with E-state index in [9.17, 15) is 5.48 Å². The summed E-state index contributed by atoms with van der Waals surface area (Å²) in [7, 11) is 0. The van der Waals surface area contributed by atoms with Gasteiger partial charge in [0.1, 0.15) is 0 Å². The molecular weight excluding hydrogens is 607 g/mol. The van der Waals surface area contributed by atoms with Crippen LogP contribution in [0.15, 0.2) is 188 Å². The van der Waals surface area contributed by atoms with Crippen molar-refractivity contribution < 1.29 is 5.48 Å². The van der Waals surface area contributed by atoms with Crippen molar-refractivity contribution in [3.8, 4) is 67.5 Å². The topological polar surface area (TPSA) is 38.7 Å².